The molecule has 0 fully saturated rings. The summed E-state index contributed by atoms with van der Waals surface area (Å²) in [5.74, 6) is 1.11. The van der Waals surface area contributed by atoms with Crippen molar-refractivity contribution >= 4 is 33.3 Å². The molecule has 0 spiro atoms. The summed E-state index contributed by atoms with van der Waals surface area (Å²) in [5, 5.41) is 0.462. The third kappa shape index (κ3) is 4.48. The minimum atomic E-state index is -0.114. The summed E-state index contributed by atoms with van der Waals surface area (Å²) in [7, 11) is 0. The van der Waals surface area contributed by atoms with Gasteiger partial charge in [0.25, 0.3) is 0 Å². The van der Waals surface area contributed by atoms with E-state index in [1.807, 2.05) is 13.0 Å². The lowest BCUT2D eigenvalue weighted by Crippen LogP contribution is -2.11. The molecule has 2 rings (SSSR count). The van der Waals surface area contributed by atoms with Gasteiger partial charge in [-0.15, -0.1) is 0 Å². The number of benzene rings is 2. The quantitative estimate of drug-likeness (QED) is 0.689. The highest BCUT2D eigenvalue weighted by Crippen LogP contribution is 2.27. The number of hydrogen-bond acceptors (Lipinski definition) is 3. The predicted molar refractivity (Wildman–Crippen MR) is 86.6 cm³/mol. The monoisotopic (exact) mass is 368 g/mol. The third-order valence-corrected chi connectivity index (χ3v) is 3.53. The fourth-order valence-electron chi connectivity index (χ4n) is 1.72. The minimum absolute atomic E-state index is 0.0602. The van der Waals surface area contributed by atoms with Crippen LogP contribution in [0.4, 0.5) is 0 Å². The third-order valence-electron chi connectivity index (χ3n) is 2.74. The standard InChI is InChI=1S/C16H14BrClO3/c1-2-20-13-6-3-11(4-7-13)15(19)10-21-16-8-5-12(17)9-14(16)18/h3-9H,2,10H2,1H3. The zero-order valence-electron chi connectivity index (χ0n) is 11.4. The first-order valence-electron chi connectivity index (χ1n) is 6.44. The van der Waals surface area contributed by atoms with Crippen molar-refractivity contribution < 1.29 is 14.3 Å². The molecule has 0 unspecified atom stereocenters. The predicted octanol–water partition coefficient (Wildman–Crippen LogP) is 4.76. The summed E-state index contributed by atoms with van der Waals surface area (Å²) in [4.78, 5) is 12.0. The molecule has 0 N–H and O–H groups in total. The Kier molecular flexibility index (Phi) is 5.65. The van der Waals surface area contributed by atoms with Crippen LogP contribution in [0.5, 0.6) is 11.5 Å². The molecule has 2 aromatic carbocycles. The Morgan fingerprint density at radius 3 is 2.48 bits per heavy atom. The Morgan fingerprint density at radius 2 is 1.86 bits per heavy atom. The highest BCUT2D eigenvalue weighted by atomic mass is 79.9. The Balaban J connectivity index is 1.98. The number of hydrogen-bond donors (Lipinski definition) is 0. The summed E-state index contributed by atoms with van der Waals surface area (Å²) >= 11 is 9.35. The van der Waals surface area contributed by atoms with Crippen LogP contribution in [0.15, 0.2) is 46.9 Å². The van der Waals surface area contributed by atoms with E-state index in [4.69, 9.17) is 21.1 Å². The van der Waals surface area contributed by atoms with Gasteiger partial charge in [-0.2, -0.15) is 0 Å². The number of halogens is 2. The van der Waals surface area contributed by atoms with Crippen molar-refractivity contribution in [1.29, 1.82) is 0 Å². The second-order valence-electron chi connectivity index (χ2n) is 4.24. The second-order valence-corrected chi connectivity index (χ2v) is 5.57. The Labute approximate surface area is 137 Å². The first-order chi connectivity index (χ1) is 10.1. The second kappa shape index (κ2) is 7.48. The largest absolute Gasteiger partial charge is 0.494 e. The lowest BCUT2D eigenvalue weighted by molar-refractivity contribution is 0.0921. The number of carbonyl (C=O) groups is 1. The summed E-state index contributed by atoms with van der Waals surface area (Å²) in [6, 6.07) is 12.2. The molecule has 3 nitrogen and oxygen atoms in total. The van der Waals surface area contributed by atoms with Crippen LogP contribution in [0, 0.1) is 0 Å². The molecule has 0 radical (unpaired) electrons. The number of ketones is 1. The van der Waals surface area contributed by atoms with Gasteiger partial charge in [0, 0.05) is 10.0 Å². The molecule has 0 saturated heterocycles. The molecule has 0 saturated carbocycles. The highest BCUT2D eigenvalue weighted by Gasteiger charge is 2.09. The van der Waals surface area contributed by atoms with E-state index in [0.29, 0.717) is 22.9 Å². The van der Waals surface area contributed by atoms with Crippen molar-refractivity contribution in [2.75, 3.05) is 13.2 Å². The molecular weight excluding hydrogens is 356 g/mol. The number of Topliss-reactive ketones (excluding diaryl/α,β-unsaturated/α-hetero) is 1. The van der Waals surface area contributed by atoms with Gasteiger partial charge in [-0.25, -0.2) is 0 Å². The topological polar surface area (TPSA) is 35.5 Å². The maximum absolute atomic E-state index is 12.0. The Bertz CT molecular complexity index is 626. The van der Waals surface area contributed by atoms with E-state index >= 15 is 0 Å². The van der Waals surface area contributed by atoms with Crippen molar-refractivity contribution in [2.45, 2.75) is 6.92 Å². The average molecular weight is 370 g/mol. The number of rotatable bonds is 6. The van der Waals surface area contributed by atoms with Crippen molar-refractivity contribution in [3.8, 4) is 11.5 Å². The van der Waals surface area contributed by atoms with Gasteiger partial charge in [0.05, 0.1) is 11.6 Å². The maximum atomic E-state index is 12.0. The van der Waals surface area contributed by atoms with Gasteiger partial charge in [-0.3, -0.25) is 4.79 Å². The number of ether oxygens (including phenoxy) is 2. The van der Waals surface area contributed by atoms with Gasteiger partial charge >= 0.3 is 0 Å². The van der Waals surface area contributed by atoms with Crippen LogP contribution >= 0.6 is 27.5 Å². The summed E-state index contributed by atoms with van der Waals surface area (Å²) in [5.41, 5.74) is 0.576. The minimum Gasteiger partial charge on any atom is -0.494 e. The maximum Gasteiger partial charge on any atom is 0.200 e. The number of carbonyl (C=O) groups excluding carboxylic acids is 1. The first-order valence-corrected chi connectivity index (χ1v) is 7.61. The summed E-state index contributed by atoms with van der Waals surface area (Å²) in [6.07, 6.45) is 0. The fraction of sp³-hybridized carbons (Fsp3) is 0.188. The van der Waals surface area contributed by atoms with Gasteiger partial charge in [0.1, 0.15) is 11.5 Å². The lowest BCUT2D eigenvalue weighted by atomic mass is 10.1. The van der Waals surface area contributed by atoms with Gasteiger partial charge in [0.15, 0.2) is 12.4 Å². The molecule has 0 aliphatic heterocycles. The van der Waals surface area contributed by atoms with Crippen molar-refractivity contribution in [1.82, 2.24) is 0 Å². The van der Waals surface area contributed by atoms with E-state index in [-0.39, 0.29) is 12.4 Å². The van der Waals surface area contributed by atoms with E-state index in [2.05, 4.69) is 15.9 Å². The molecule has 0 atom stereocenters. The van der Waals surface area contributed by atoms with E-state index in [1.165, 1.54) is 0 Å². The summed E-state index contributed by atoms with van der Waals surface area (Å²) < 4.78 is 11.6. The molecule has 0 aromatic heterocycles. The van der Waals surface area contributed by atoms with Crippen LogP contribution < -0.4 is 9.47 Å². The van der Waals surface area contributed by atoms with Crippen molar-refractivity contribution in [3.63, 3.8) is 0 Å². The zero-order valence-corrected chi connectivity index (χ0v) is 13.8. The van der Waals surface area contributed by atoms with Crippen molar-refractivity contribution in [3.05, 3.63) is 57.5 Å². The van der Waals surface area contributed by atoms with Gasteiger partial charge in [0.2, 0.25) is 0 Å². The van der Waals surface area contributed by atoms with E-state index in [9.17, 15) is 4.79 Å². The molecular formula is C16H14BrClO3. The summed E-state index contributed by atoms with van der Waals surface area (Å²) in [6.45, 7) is 2.45. The van der Waals surface area contributed by atoms with Gasteiger partial charge in [-0.05, 0) is 49.4 Å². The smallest absolute Gasteiger partial charge is 0.200 e. The van der Waals surface area contributed by atoms with Crippen LogP contribution in [-0.2, 0) is 0 Å². The van der Waals surface area contributed by atoms with Gasteiger partial charge < -0.3 is 9.47 Å². The molecule has 0 amide bonds. The average Bonchev–Trinajstić information content (AvgIpc) is 2.47. The molecule has 0 aliphatic rings. The van der Waals surface area contributed by atoms with E-state index < -0.39 is 0 Å². The van der Waals surface area contributed by atoms with E-state index in [0.717, 1.165) is 10.2 Å². The van der Waals surface area contributed by atoms with Gasteiger partial charge in [-0.1, -0.05) is 27.5 Å². The Hall–Kier alpha value is -1.52. The molecule has 2 aromatic rings. The van der Waals surface area contributed by atoms with Crippen LogP contribution in [-0.4, -0.2) is 19.0 Å². The Morgan fingerprint density at radius 1 is 1.14 bits per heavy atom. The lowest BCUT2D eigenvalue weighted by Gasteiger charge is -2.08. The van der Waals surface area contributed by atoms with Crippen LogP contribution in [0.3, 0.4) is 0 Å². The SMILES string of the molecule is CCOc1ccc(C(=O)COc2ccc(Br)cc2Cl)cc1. The van der Waals surface area contributed by atoms with Crippen LogP contribution in [0.1, 0.15) is 17.3 Å². The van der Waals surface area contributed by atoms with Crippen LogP contribution in [0.25, 0.3) is 0 Å². The normalized spacial score (nSPS) is 10.2. The zero-order chi connectivity index (χ0) is 15.2. The molecule has 5 heteroatoms. The molecule has 0 bridgehead atoms. The van der Waals surface area contributed by atoms with Crippen molar-refractivity contribution in [2.24, 2.45) is 0 Å². The van der Waals surface area contributed by atoms with E-state index in [1.54, 1.807) is 36.4 Å². The highest BCUT2D eigenvalue weighted by molar-refractivity contribution is 9.10. The molecule has 21 heavy (non-hydrogen) atoms. The molecule has 0 heterocycles. The molecule has 110 valence electrons. The first kappa shape index (κ1) is 15.9. The molecule has 0 aliphatic carbocycles. The van der Waals surface area contributed by atoms with Crippen LogP contribution in [0.2, 0.25) is 5.02 Å². The fourth-order valence-corrected chi connectivity index (χ4v) is 2.45.